The molecule has 1 heterocycles. The molecule has 0 unspecified atom stereocenters. The molecule has 0 aromatic heterocycles. The van der Waals surface area contributed by atoms with Crippen molar-refractivity contribution in [3.63, 3.8) is 0 Å². The van der Waals surface area contributed by atoms with Gasteiger partial charge < -0.3 is 15.0 Å². The van der Waals surface area contributed by atoms with E-state index in [0.717, 1.165) is 6.42 Å². The lowest BCUT2D eigenvalue weighted by atomic mass is 10.2. The Kier molecular flexibility index (Phi) is 4.39. The number of hydrogen-bond acceptors (Lipinski definition) is 3. The molecule has 0 saturated carbocycles. The smallest absolute Gasteiger partial charge is 0.250 e. The first-order valence-electron chi connectivity index (χ1n) is 6.00. The summed E-state index contributed by atoms with van der Waals surface area (Å²) in [5.41, 5.74) is 1.21. The second-order valence-electron chi connectivity index (χ2n) is 4.29. The lowest BCUT2D eigenvalue weighted by molar-refractivity contribution is -0.120. The Balaban J connectivity index is 2.27. The van der Waals surface area contributed by atoms with Gasteiger partial charge in [0.25, 0.3) is 0 Å². The van der Waals surface area contributed by atoms with Gasteiger partial charge in [0.15, 0.2) is 0 Å². The highest BCUT2D eigenvalue weighted by atomic mass is 35.5. The lowest BCUT2D eigenvalue weighted by Crippen LogP contribution is -2.26. The maximum atomic E-state index is 11.8. The van der Waals surface area contributed by atoms with E-state index >= 15 is 0 Å². The van der Waals surface area contributed by atoms with Crippen LogP contribution in [0.1, 0.15) is 12.8 Å². The molecule has 1 aliphatic rings. The number of rotatable bonds is 4. The van der Waals surface area contributed by atoms with E-state index in [-0.39, 0.29) is 18.4 Å². The Labute approximate surface area is 116 Å². The van der Waals surface area contributed by atoms with E-state index in [1.165, 1.54) is 7.11 Å². The molecule has 0 aliphatic carbocycles. The molecule has 1 fully saturated rings. The van der Waals surface area contributed by atoms with Crippen LogP contribution in [0.2, 0.25) is 5.02 Å². The summed E-state index contributed by atoms with van der Waals surface area (Å²) in [6, 6.07) is 5.08. The van der Waals surface area contributed by atoms with E-state index in [4.69, 9.17) is 16.3 Å². The van der Waals surface area contributed by atoms with Crippen molar-refractivity contribution < 1.29 is 14.3 Å². The minimum atomic E-state index is -0.280. The van der Waals surface area contributed by atoms with Crippen LogP contribution in [-0.2, 0) is 14.3 Å². The van der Waals surface area contributed by atoms with E-state index in [9.17, 15) is 9.59 Å². The second-order valence-corrected chi connectivity index (χ2v) is 4.73. The number of nitrogens with zero attached hydrogens (tertiary/aromatic N) is 1. The molecule has 6 heteroatoms. The van der Waals surface area contributed by atoms with Gasteiger partial charge in [0.05, 0.1) is 11.4 Å². The molecule has 2 amide bonds. The molecule has 2 rings (SSSR count). The zero-order chi connectivity index (χ0) is 13.8. The third kappa shape index (κ3) is 3.24. The van der Waals surface area contributed by atoms with Gasteiger partial charge >= 0.3 is 0 Å². The van der Waals surface area contributed by atoms with E-state index in [1.54, 1.807) is 23.1 Å². The zero-order valence-corrected chi connectivity index (χ0v) is 11.4. The van der Waals surface area contributed by atoms with Crippen molar-refractivity contribution in [2.45, 2.75) is 12.8 Å². The first-order valence-corrected chi connectivity index (χ1v) is 6.38. The molecule has 0 spiro atoms. The number of methoxy groups -OCH3 is 1. The fourth-order valence-corrected chi connectivity index (χ4v) is 2.24. The normalized spacial score (nSPS) is 14.8. The highest BCUT2D eigenvalue weighted by Crippen LogP contribution is 2.32. The summed E-state index contributed by atoms with van der Waals surface area (Å²) in [6.45, 7) is 0.619. The Morgan fingerprint density at radius 2 is 2.32 bits per heavy atom. The molecular weight excluding hydrogens is 268 g/mol. The largest absolute Gasteiger partial charge is 0.375 e. The molecule has 1 saturated heterocycles. The Morgan fingerprint density at radius 1 is 1.53 bits per heavy atom. The van der Waals surface area contributed by atoms with Gasteiger partial charge in [0.1, 0.15) is 6.61 Å². The van der Waals surface area contributed by atoms with Crippen molar-refractivity contribution in [1.82, 2.24) is 0 Å². The number of hydrogen-bond donors (Lipinski definition) is 1. The number of anilines is 2. The van der Waals surface area contributed by atoms with Crippen LogP contribution >= 0.6 is 11.6 Å². The Morgan fingerprint density at radius 3 is 2.95 bits per heavy atom. The molecule has 1 N–H and O–H groups in total. The maximum absolute atomic E-state index is 11.8. The number of carbonyl (C=O) groups excluding carboxylic acids is 2. The summed E-state index contributed by atoms with van der Waals surface area (Å²) in [5.74, 6) is -0.220. The van der Waals surface area contributed by atoms with Crippen LogP contribution in [0.25, 0.3) is 0 Å². The third-order valence-electron chi connectivity index (χ3n) is 2.87. The summed E-state index contributed by atoms with van der Waals surface area (Å²) in [6.07, 6.45) is 1.36. The maximum Gasteiger partial charge on any atom is 0.250 e. The van der Waals surface area contributed by atoms with Crippen LogP contribution in [0, 0.1) is 0 Å². The van der Waals surface area contributed by atoms with Crippen LogP contribution < -0.4 is 10.2 Å². The van der Waals surface area contributed by atoms with Crippen molar-refractivity contribution in [2.24, 2.45) is 0 Å². The van der Waals surface area contributed by atoms with E-state index < -0.39 is 0 Å². The summed E-state index contributed by atoms with van der Waals surface area (Å²) in [5, 5.41) is 3.21. The Hall–Kier alpha value is -1.59. The summed E-state index contributed by atoms with van der Waals surface area (Å²) >= 11 is 5.93. The predicted octanol–water partition coefficient (Wildman–Crippen LogP) is 2.05. The molecule has 0 atom stereocenters. The molecule has 1 aromatic carbocycles. The SMILES string of the molecule is COCC(=O)Nc1cc(Cl)ccc1N1CCCC1=O. The number of benzene rings is 1. The average molecular weight is 283 g/mol. The minimum Gasteiger partial charge on any atom is -0.375 e. The Bertz CT molecular complexity index is 505. The fourth-order valence-electron chi connectivity index (χ4n) is 2.06. The van der Waals surface area contributed by atoms with Gasteiger partial charge in [0.2, 0.25) is 11.8 Å². The monoisotopic (exact) mass is 282 g/mol. The van der Waals surface area contributed by atoms with Gasteiger partial charge in [-0.05, 0) is 24.6 Å². The van der Waals surface area contributed by atoms with E-state index in [1.807, 2.05) is 0 Å². The van der Waals surface area contributed by atoms with Gasteiger partial charge in [-0.3, -0.25) is 9.59 Å². The molecule has 0 radical (unpaired) electrons. The van der Waals surface area contributed by atoms with Crippen molar-refractivity contribution in [3.8, 4) is 0 Å². The average Bonchev–Trinajstić information content (AvgIpc) is 2.76. The number of amides is 2. The first-order chi connectivity index (χ1) is 9.11. The highest BCUT2D eigenvalue weighted by Gasteiger charge is 2.24. The van der Waals surface area contributed by atoms with Crippen LogP contribution in [0.4, 0.5) is 11.4 Å². The molecule has 102 valence electrons. The van der Waals surface area contributed by atoms with Crippen LogP contribution in [0.15, 0.2) is 18.2 Å². The predicted molar refractivity (Wildman–Crippen MR) is 73.5 cm³/mol. The number of carbonyl (C=O) groups is 2. The van der Waals surface area contributed by atoms with Crippen LogP contribution in [0.3, 0.4) is 0 Å². The summed E-state index contributed by atoms with van der Waals surface area (Å²) in [4.78, 5) is 25.0. The third-order valence-corrected chi connectivity index (χ3v) is 3.11. The quantitative estimate of drug-likeness (QED) is 0.919. The standard InChI is InChI=1S/C13H15ClN2O3/c1-19-8-12(17)15-10-7-9(14)4-5-11(10)16-6-2-3-13(16)18/h4-5,7H,2-3,6,8H2,1H3,(H,15,17). The molecule has 1 aliphatic heterocycles. The van der Waals surface area contributed by atoms with Crippen molar-refractivity contribution >= 4 is 34.8 Å². The highest BCUT2D eigenvalue weighted by molar-refractivity contribution is 6.31. The van der Waals surface area contributed by atoms with Gasteiger partial charge in [-0.25, -0.2) is 0 Å². The van der Waals surface area contributed by atoms with Crippen LogP contribution in [0.5, 0.6) is 0 Å². The van der Waals surface area contributed by atoms with E-state index in [0.29, 0.717) is 29.4 Å². The van der Waals surface area contributed by atoms with Crippen molar-refractivity contribution in [3.05, 3.63) is 23.2 Å². The molecule has 0 bridgehead atoms. The van der Waals surface area contributed by atoms with Gasteiger partial charge in [-0.15, -0.1) is 0 Å². The number of halogens is 1. The summed E-state index contributed by atoms with van der Waals surface area (Å²) < 4.78 is 4.77. The van der Waals surface area contributed by atoms with Gasteiger partial charge in [-0.1, -0.05) is 11.6 Å². The van der Waals surface area contributed by atoms with Crippen molar-refractivity contribution in [1.29, 1.82) is 0 Å². The van der Waals surface area contributed by atoms with Crippen molar-refractivity contribution in [2.75, 3.05) is 30.5 Å². The van der Waals surface area contributed by atoms with Crippen LogP contribution in [-0.4, -0.2) is 32.1 Å². The molecule has 5 nitrogen and oxygen atoms in total. The fraction of sp³-hybridized carbons (Fsp3) is 0.385. The molecule has 1 aromatic rings. The zero-order valence-electron chi connectivity index (χ0n) is 10.6. The summed E-state index contributed by atoms with van der Waals surface area (Å²) in [7, 11) is 1.45. The number of ether oxygens (including phenoxy) is 1. The topological polar surface area (TPSA) is 58.6 Å². The second kappa shape index (κ2) is 6.04. The van der Waals surface area contributed by atoms with E-state index in [2.05, 4.69) is 5.32 Å². The van der Waals surface area contributed by atoms with Gasteiger partial charge in [-0.2, -0.15) is 0 Å². The molecular formula is C13H15ClN2O3. The minimum absolute atomic E-state index is 0.0418. The van der Waals surface area contributed by atoms with Gasteiger partial charge in [0, 0.05) is 25.1 Å². The lowest BCUT2D eigenvalue weighted by Gasteiger charge is -2.20. The molecule has 19 heavy (non-hydrogen) atoms. The number of nitrogens with one attached hydrogen (secondary N) is 1. The first kappa shape index (κ1) is 13.8.